The van der Waals surface area contributed by atoms with Gasteiger partial charge < -0.3 is 19.0 Å². The Morgan fingerprint density at radius 3 is 2.93 bits per heavy atom. The summed E-state index contributed by atoms with van der Waals surface area (Å²) in [5.41, 5.74) is -0.515. The summed E-state index contributed by atoms with van der Waals surface area (Å²) >= 11 is 7.01. The highest BCUT2D eigenvalue weighted by molar-refractivity contribution is 7.99. The molecule has 0 aliphatic rings. The van der Waals surface area contributed by atoms with Gasteiger partial charge >= 0.3 is 5.69 Å². The first-order valence-electron chi connectivity index (χ1n) is 8.33. The van der Waals surface area contributed by atoms with Crippen molar-refractivity contribution in [1.82, 2.24) is 19.7 Å². The van der Waals surface area contributed by atoms with Crippen molar-refractivity contribution < 1.29 is 13.9 Å². The Morgan fingerprint density at radius 1 is 1.34 bits per heavy atom. The largest absolute Gasteiger partial charge is 0.495 e. The van der Waals surface area contributed by atoms with Gasteiger partial charge in [-0.2, -0.15) is 0 Å². The van der Waals surface area contributed by atoms with Crippen LogP contribution in [0.5, 0.6) is 5.75 Å². The van der Waals surface area contributed by atoms with E-state index in [0.29, 0.717) is 28.8 Å². The molecule has 0 spiro atoms. The summed E-state index contributed by atoms with van der Waals surface area (Å²) in [7, 11) is 1.49. The summed E-state index contributed by atoms with van der Waals surface area (Å²) in [6.45, 7) is 0.261. The predicted molar refractivity (Wildman–Crippen MR) is 107 cm³/mol. The first kappa shape index (κ1) is 20.7. The number of nitrogens with zero attached hydrogens (tertiary/aromatic N) is 3. The highest BCUT2D eigenvalue weighted by atomic mass is 35.5. The number of hydrogen-bond acceptors (Lipinski definition) is 8. The summed E-state index contributed by atoms with van der Waals surface area (Å²) in [5, 5.41) is 11.2. The molecule has 2 heterocycles. The molecule has 12 heteroatoms. The molecular weight excluding hydrogens is 422 g/mol. The van der Waals surface area contributed by atoms with E-state index in [4.69, 9.17) is 20.8 Å². The van der Waals surface area contributed by atoms with Crippen molar-refractivity contribution in [3.63, 3.8) is 0 Å². The van der Waals surface area contributed by atoms with E-state index in [1.807, 2.05) is 0 Å². The van der Waals surface area contributed by atoms with Gasteiger partial charge in [0.25, 0.3) is 10.8 Å². The van der Waals surface area contributed by atoms with E-state index in [-0.39, 0.29) is 23.4 Å². The molecule has 2 N–H and O–H groups in total. The minimum Gasteiger partial charge on any atom is -0.495 e. The van der Waals surface area contributed by atoms with Crippen LogP contribution in [-0.2, 0) is 17.8 Å². The summed E-state index contributed by atoms with van der Waals surface area (Å²) in [4.78, 5) is 37.0. The van der Waals surface area contributed by atoms with Gasteiger partial charge in [0.2, 0.25) is 11.8 Å². The number of nitrogens with one attached hydrogen (secondary N) is 2. The van der Waals surface area contributed by atoms with Gasteiger partial charge in [0.05, 0.1) is 18.6 Å². The lowest BCUT2D eigenvalue weighted by Crippen LogP contribution is -2.29. The van der Waals surface area contributed by atoms with E-state index in [1.165, 1.54) is 23.9 Å². The Morgan fingerprint density at radius 2 is 2.17 bits per heavy atom. The Labute approximate surface area is 173 Å². The van der Waals surface area contributed by atoms with E-state index in [0.717, 1.165) is 11.8 Å². The fraction of sp³-hybridized carbons (Fsp3) is 0.235. The standard InChI is InChI=1S/C17H16ClN5O5S/c1-27-12-3-2-10(18)8-11(12)19-14(25)9-29-17-22-21-15(28-17)5-7-23-6-4-13(24)20-16(23)26/h2-4,6,8H,5,7,9H2,1H3,(H,19,25)(H,20,24,26). The maximum Gasteiger partial charge on any atom is 0.328 e. The number of H-pyrrole nitrogens is 1. The molecule has 29 heavy (non-hydrogen) atoms. The van der Waals surface area contributed by atoms with Crippen LogP contribution in [0.15, 0.2) is 49.7 Å². The number of anilines is 1. The zero-order valence-electron chi connectivity index (χ0n) is 15.2. The van der Waals surface area contributed by atoms with Gasteiger partial charge in [-0.05, 0) is 18.2 Å². The number of benzene rings is 1. The number of carbonyl (C=O) groups is 1. The fourth-order valence-electron chi connectivity index (χ4n) is 2.33. The van der Waals surface area contributed by atoms with Crippen LogP contribution in [0.25, 0.3) is 0 Å². The van der Waals surface area contributed by atoms with Crippen LogP contribution < -0.4 is 21.3 Å². The van der Waals surface area contributed by atoms with Gasteiger partial charge in [0.1, 0.15) is 5.75 Å². The molecule has 0 atom stereocenters. The van der Waals surface area contributed by atoms with Crippen molar-refractivity contribution in [3.05, 3.63) is 62.2 Å². The van der Waals surface area contributed by atoms with E-state index in [2.05, 4.69) is 20.5 Å². The molecule has 0 fully saturated rings. The van der Waals surface area contributed by atoms with Crippen LogP contribution in [0, 0.1) is 0 Å². The molecule has 3 rings (SSSR count). The SMILES string of the molecule is COc1ccc(Cl)cc1NC(=O)CSc1nnc(CCn2ccc(=O)[nH]c2=O)o1. The van der Waals surface area contributed by atoms with Crippen molar-refractivity contribution in [1.29, 1.82) is 0 Å². The zero-order chi connectivity index (χ0) is 20.8. The molecule has 0 bridgehead atoms. The normalized spacial score (nSPS) is 10.7. The molecule has 0 radical (unpaired) electrons. The second-order valence-electron chi connectivity index (χ2n) is 5.70. The van der Waals surface area contributed by atoms with Gasteiger partial charge in [-0.3, -0.25) is 14.6 Å². The maximum atomic E-state index is 12.2. The maximum absolute atomic E-state index is 12.2. The van der Waals surface area contributed by atoms with Crippen LogP contribution >= 0.6 is 23.4 Å². The first-order valence-corrected chi connectivity index (χ1v) is 9.69. The molecule has 0 saturated carbocycles. The second kappa shape index (κ2) is 9.43. The number of carbonyl (C=O) groups excluding carboxylic acids is 1. The third-order valence-corrected chi connectivity index (χ3v) is 4.73. The van der Waals surface area contributed by atoms with Crippen molar-refractivity contribution in [3.8, 4) is 5.75 Å². The van der Waals surface area contributed by atoms with Crippen LogP contribution in [0.4, 0.5) is 5.69 Å². The number of rotatable bonds is 8. The van der Waals surface area contributed by atoms with Crippen LogP contribution in [-0.4, -0.2) is 38.5 Å². The predicted octanol–water partition coefficient (Wildman–Crippen LogP) is 1.56. The number of ether oxygens (including phenoxy) is 1. The number of aromatic amines is 1. The molecule has 0 saturated heterocycles. The molecule has 0 aliphatic heterocycles. The summed E-state index contributed by atoms with van der Waals surface area (Å²) < 4.78 is 12.0. The highest BCUT2D eigenvalue weighted by Gasteiger charge is 2.12. The van der Waals surface area contributed by atoms with E-state index in [1.54, 1.807) is 18.2 Å². The molecule has 3 aromatic rings. The Balaban J connectivity index is 1.52. The smallest absolute Gasteiger partial charge is 0.328 e. The number of thioether (sulfide) groups is 1. The van der Waals surface area contributed by atoms with Gasteiger partial charge in [-0.15, -0.1) is 10.2 Å². The van der Waals surface area contributed by atoms with Crippen molar-refractivity contribution >= 4 is 35.0 Å². The average molecular weight is 438 g/mol. The third kappa shape index (κ3) is 5.72. The van der Waals surface area contributed by atoms with Crippen LogP contribution in [0.2, 0.25) is 5.02 Å². The molecule has 1 aromatic carbocycles. The minimum absolute atomic E-state index is 0.0384. The van der Waals surface area contributed by atoms with Crippen LogP contribution in [0.3, 0.4) is 0 Å². The Bertz CT molecular complexity index is 1130. The van der Waals surface area contributed by atoms with E-state index >= 15 is 0 Å². The number of hydrogen-bond donors (Lipinski definition) is 2. The molecule has 0 unspecified atom stereocenters. The Kier molecular flexibility index (Phi) is 6.73. The molecule has 1 amide bonds. The quantitative estimate of drug-likeness (QED) is 0.507. The number of aryl methyl sites for hydroxylation is 2. The second-order valence-corrected chi connectivity index (χ2v) is 7.06. The van der Waals surface area contributed by atoms with Crippen LogP contribution in [0.1, 0.15) is 5.89 Å². The van der Waals surface area contributed by atoms with Gasteiger partial charge in [-0.1, -0.05) is 23.4 Å². The van der Waals surface area contributed by atoms with Gasteiger partial charge in [-0.25, -0.2) is 4.79 Å². The molecular formula is C17H16ClN5O5S. The topological polar surface area (TPSA) is 132 Å². The molecule has 10 nitrogen and oxygen atoms in total. The minimum atomic E-state index is -0.514. The first-order chi connectivity index (χ1) is 13.9. The van der Waals surface area contributed by atoms with E-state index < -0.39 is 11.2 Å². The third-order valence-electron chi connectivity index (χ3n) is 3.67. The number of methoxy groups -OCH3 is 1. The highest BCUT2D eigenvalue weighted by Crippen LogP contribution is 2.28. The fourth-order valence-corrected chi connectivity index (χ4v) is 3.08. The van der Waals surface area contributed by atoms with E-state index in [9.17, 15) is 14.4 Å². The average Bonchev–Trinajstić information content (AvgIpc) is 3.14. The number of amides is 1. The summed E-state index contributed by atoms with van der Waals surface area (Å²) in [5.74, 6) is 0.541. The lowest BCUT2D eigenvalue weighted by Gasteiger charge is -2.09. The van der Waals surface area contributed by atoms with Crippen molar-refractivity contribution in [2.24, 2.45) is 0 Å². The summed E-state index contributed by atoms with van der Waals surface area (Å²) in [6, 6.07) is 6.16. The van der Waals surface area contributed by atoms with Crippen molar-refractivity contribution in [2.45, 2.75) is 18.2 Å². The monoisotopic (exact) mass is 437 g/mol. The lowest BCUT2D eigenvalue weighted by atomic mass is 10.3. The molecule has 152 valence electrons. The number of aromatic nitrogens is 4. The van der Waals surface area contributed by atoms with Gasteiger partial charge in [0.15, 0.2) is 0 Å². The van der Waals surface area contributed by atoms with Crippen molar-refractivity contribution in [2.75, 3.05) is 18.2 Å². The van der Waals surface area contributed by atoms with Gasteiger partial charge in [0, 0.05) is 30.3 Å². The molecule has 2 aromatic heterocycles. The number of halogens is 1. The molecule has 0 aliphatic carbocycles. The zero-order valence-corrected chi connectivity index (χ0v) is 16.7. The Hall–Kier alpha value is -3.05. The summed E-state index contributed by atoms with van der Waals surface area (Å²) in [6.07, 6.45) is 1.69. The lowest BCUT2D eigenvalue weighted by molar-refractivity contribution is -0.113.